The van der Waals surface area contributed by atoms with Crippen molar-refractivity contribution in [2.24, 2.45) is 0 Å². The van der Waals surface area contributed by atoms with Crippen LogP contribution < -0.4 is 5.32 Å². The molecule has 1 fully saturated rings. The number of carbonyl (C=O) groups is 2. The van der Waals surface area contributed by atoms with Crippen molar-refractivity contribution >= 4 is 23.5 Å². The Labute approximate surface area is 82.2 Å². The Morgan fingerprint density at radius 2 is 2.15 bits per heavy atom. The first-order chi connectivity index (χ1) is 6.15. The van der Waals surface area contributed by atoms with Crippen molar-refractivity contribution in [1.82, 2.24) is 10.2 Å². The first kappa shape index (κ1) is 10.3. The molecule has 0 unspecified atom stereocenters. The molecule has 0 bridgehead atoms. The fraction of sp³-hybridized carbons (Fsp3) is 0.750. The maximum atomic E-state index is 11.3. The minimum atomic E-state index is -0.322. The predicted molar refractivity (Wildman–Crippen MR) is 49.7 cm³/mol. The number of urea groups is 1. The van der Waals surface area contributed by atoms with Crippen LogP contribution in [0.25, 0.3) is 0 Å². The van der Waals surface area contributed by atoms with Crippen molar-refractivity contribution in [3.8, 4) is 0 Å². The normalized spacial score (nSPS) is 15.2. The number of nitrogens with one attached hydrogen (secondary N) is 1. The lowest BCUT2D eigenvalue weighted by Gasteiger charge is -2.15. The van der Waals surface area contributed by atoms with E-state index in [-0.39, 0.29) is 24.2 Å². The van der Waals surface area contributed by atoms with Crippen molar-refractivity contribution in [3.05, 3.63) is 0 Å². The van der Waals surface area contributed by atoms with Gasteiger partial charge in [0.1, 0.15) is 0 Å². The van der Waals surface area contributed by atoms with Gasteiger partial charge in [0.05, 0.1) is 0 Å². The molecule has 0 aromatic rings. The van der Waals surface area contributed by atoms with E-state index in [0.29, 0.717) is 6.04 Å². The number of nitrogens with zero attached hydrogens (tertiary/aromatic N) is 1. The molecule has 0 saturated heterocycles. The number of hydrogen-bond donors (Lipinski definition) is 1. The van der Waals surface area contributed by atoms with Crippen molar-refractivity contribution in [2.75, 3.05) is 12.9 Å². The number of alkyl halides is 1. The van der Waals surface area contributed by atoms with Crippen molar-refractivity contribution in [2.45, 2.75) is 25.3 Å². The lowest BCUT2D eigenvalue weighted by molar-refractivity contribution is -0.119. The zero-order chi connectivity index (χ0) is 9.84. The quantitative estimate of drug-likeness (QED) is 0.696. The second kappa shape index (κ2) is 4.46. The number of imide groups is 1. The third kappa shape index (κ3) is 3.22. The summed E-state index contributed by atoms with van der Waals surface area (Å²) in [5.74, 6) is -0.0702. The van der Waals surface area contributed by atoms with E-state index in [1.54, 1.807) is 11.9 Å². The van der Waals surface area contributed by atoms with Gasteiger partial charge in [0.25, 0.3) is 0 Å². The summed E-state index contributed by atoms with van der Waals surface area (Å²) in [4.78, 5) is 23.8. The number of halogens is 1. The van der Waals surface area contributed by atoms with E-state index in [1.165, 1.54) is 0 Å². The van der Waals surface area contributed by atoms with Crippen LogP contribution in [-0.2, 0) is 4.79 Å². The molecular formula is C8H13ClN2O2. The Morgan fingerprint density at radius 3 is 2.62 bits per heavy atom. The average Bonchev–Trinajstić information content (AvgIpc) is 2.85. The fourth-order valence-corrected chi connectivity index (χ4v) is 1.16. The molecule has 1 saturated carbocycles. The highest BCUT2D eigenvalue weighted by Crippen LogP contribution is 2.25. The first-order valence-corrected chi connectivity index (χ1v) is 4.81. The Hall–Kier alpha value is -0.770. The van der Waals surface area contributed by atoms with Crippen LogP contribution in [0, 0.1) is 0 Å². The summed E-state index contributed by atoms with van der Waals surface area (Å²) in [5.41, 5.74) is 0. The van der Waals surface area contributed by atoms with Gasteiger partial charge in [0.15, 0.2) is 0 Å². The molecule has 0 atom stereocenters. The van der Waals surface area contributed by atoms with E-state index in [1.807, 2.05) is 0 Å². The molecule has 1 aliphatic carbocycles. The molecule has 3 amide bonds. The second-order valence-corrected chi connectivity index (χ2v) is 3.51. The van der Waals surface area contributed by atoms with Gasteiger partial charge in [-0.1, -0.05) is 0 Å². The smallest absolute Gasteiger partial charge is 0.324 e. The molecule has 1 N–H and O–H groups in total. The lowest BCUT2D eigenvalue weighted by Crippen LogP contribution is -2.41. The summed E-state index contributed by atoms with van der Waals surface area (Å²) in [6.07, 6.45) is 2.26. The van der Waals surface area contributed by atoms with Crippen LogP contribution in [0.1, 0.15) is 19.3 Å². The molecule has 0 aromatic heterocycles. The summed E-state index contributed by atoms with van der Waals surface area (Å²) in [6, 6.07) is 0.00131. The Balaban J connectivity index is 2.26. The average molecular weight is 205 g/mol. The molecule has 1 rings (SSSR count). The first-order valence-electron chi connectivity index (χ1n) is 4.27. The molecular weight excluding hydrogens is 192 g/mol. The molecule has 0 aliphatic heterocycles. The molecule has 0 heterocycles. The summed E-state index contributed by atoms with van der Waals surface area (Å²) in [5, 5.41) is 2.27. The molecule has 4 nitrogen and oxygen atoms in total. The van der Waals surface area contributed by atoms with Crippen LogP contribution in [0.5, 0.6) is 0 Å². The summed E-state index contributed by atoms with van der Waals surface area (Å²) in [6.45, 7) is 0. The van der Waals surface area contributed by atoms with E-state index < -0.39 is 0 Å². The van der Waals surface area contributed by atoms with Gasteiger partial charge in [0.2, 0.25) is 5.91 Å². The standard InChI is InChI=1S/C8H13ClN2O2/c1-11(6-2-3-6)8(13)10-7(12)4-5-9/h6H,2-5H2,1H3,(H,10,12,13). The highest BCUT2D eigenvalue weighted by molar-refractivity contribution is 6.19. The second-order valence-electron chi connectivity index (χ2n) is 3.13. The van der Waals surface area contributed by atoms with Gasteiger partial charge in [-0.2, -0.15) is 0 Å². The summed E-state index contributed by atoms with van der Waals surface area (Å²) in [7, 11) is 1.70. The maximum absolute atomic E-state index is 11.3. The molecule has 0 spiro atoms. The number of amides is 3. The van der Waals surface area contributed by atoms with Gasteiger partial charge < -0.3 is 4.90 Å². The maximum Gasteiger partial charge on any atom is 0.324 e. The summed E-state index contributed by atoms with van der Waals surface area (Å²) >= 11 is 5.35. The molecule has 0 radical (unpaired) electrons. The fourth-order valence-electron chi connectivity index (χ4n) is 0.983. The van der Waals surface area contributed by atoms with Gasteiger partial charge in [0, 0.05) is 25.4 Å². The van der Waals surface area contributed by atoms with Gasteiger partial charge in [-0.3, -0.25) is 10.1 Å². The van der Waals surface area contributed by atoms with E-state index in [2.05, 4.69) is 5.32 Å². The van der Waals surface area contributed by atoms with E-state index in [0.717, 1.165) is 12.8 Å². The summed E-state index contributed by atoms with van der Waals surface area (Å²) < 4.78 is 0. The van der Waals surface area contributed by atoms with Crippen LogP contribution in [-0.4, -0.2) is 35.8 Å². The third-order valence-corrected chi connectivity index (χ3v) is 2.17. The number of rotatable bonds is 3. The van der Waals surface area contributed by atoms with Crippen LogP contribution in [0.3, 0.4) is 0 Å². The molecule has 5 heteroatoms. The van der Waals surface area contributed by atoms with Crippen molar-refractivity contribution < 1.29 is 9.59 Å². The molecule has 1 aliphatic rings. The number of carbonyl (C=O) groups excluding carboxylic acids is 2. The van der Waals surface area contributed by atoms with Crippen molar-refractivity contribution in [3.63, 3.8) is 0 Å². The zero-order valence-electron chi connectivity index (χ0n) is 7.55. The Morgan fingerprint density at radius 1 is 1.54 bits per heavy atom. The zero-order valence-corrected chi connectivity index (χ0v) is 8.30. The highest BCUT2D eigenvalue weighted by Gasteiger charge is 2.29. The third-order valence-electron chi connectivity index (χ3n) is 1.98. The molecule has 0 aromatic carbocycles. The SMILES string of the molecule is CN(C(=O)NC(=O)CCCl)C1CC1. The van der Waals surface area contributed by atoms with E-state index >= 15 is 0 Å². The largest absolute Gasteiger partial charge is 0.325 e. The van der Waals surface area contributed by atoms with Gasteiger partial charge >= 0.3 is 6.03 Å². The number of hydrogen-bond acceptors (Lipinski definition) is 2. The lowest BCUT2D eigenvalue weighted by atomic mass is 10.4. The monoisotopic (exact) mass is 204 g/mol. The molecule has 74 valence electrons. The van der Waals surface area contributed by atoms with Gasteiger partial charge in [-0.05, 0) is 12.8 Å². The molecule has 13 heavy (non-hydrogen) atoms. The minimum Gasteiger partial charge on any atom is -0.325 e. The highest BCUT2D eigenvalue weighted by atomic mass is 35.5. The van der Waals surface area contributed by atoms with Crippen LogP contribution in [0.15, 0.2) is 0 Å². The Bertz CT molecular complexity index is 216. The van der Waals surface area contributed by atoms with E-state index in [4.69, 9.17) is 11.6 Å². The Kier molecular flexibility index (Phi) is 3.54. The van der Waals surface area contributed by atoms with Crippen LogP contribution in [0.4, 0.5) is 4.79 Å². The predicted octanol–water partition coefficient (Wildman–Crippen LogP) is 0.946. The van der Waals surface area contributed by atoms with Gasteiger partial charge in [-0.25, -0.2) is 4.79 Å². The topological polar surface area (TPSA) is 49.4 Å². The van der Waals surface area contributed by atoms with Gasteiger partial charge in [-0.15, -0.1) is 11.6 Å². The van der Waals surface area contributed by atoms with Crippen molar-refractivity contribution in [1.29, 1.82) is 0 Å². The van der Waals surface area contributed by atoms with Crippen LogP contribution in [0.2, 0.25) is 0 Å². The van der Waals surface area contributed by atoms with Crippen LogP contribution >= 0.6 is 11.6 Å². The van der Waals surface area contributed by atoms with E-state index in [9.17, 15) is 9.59 Å². The minimum absolute atomic E-state index is 0.186.